The minimum absolute atomic E-state index is 0.662. The van der Waals surface area contributed by atoms with Gasteiger partial charge in [-0.2, -0.15) is 0 Å². The van der Waals surface area contributed by atoms with Crippen molar-refractivity contribution in [1.29, 1.82) is 0 Å². The highest BCUT2D eigenvalue weighted by molar-refractivity contribution is 7.47. The van der Waals surface area contributed by atoms with Gasteiger partial charge in [0.25, 0.3) is 0 Å². The molecule has 36 valence electrons. The second-order valence-corrected chi connectivity index (χ2v) is 1.96. The van der Waals surface area contributed by atoms with Crippen LogP contribution in [0.15, 0.2) is 15.9 Å². The van der Waals surface area contributed by atoms with E-state index in [1.807, 2.05) is 5.38 Å². The zero-order valence-corrected chi connectivity index (χ0v) is 5.00. The van der Waals surface area contributed by atoms with Crippen molar-refractivity contribution in [3.05, 3.63) is 11.6 Å². The van der Waals surface area contributed by atoms with Crippen molar-refractivity contribution < 1.29 is 0 Å². The average molecular weight is 130 g/mol. The van der Waals surface area contributed by atoms with Gasteiger partial charge in [0.2, 0.25) is 5.13 Å². The van der Waals surface area contributed by atoms with Crippen molar-refractivity contribution >= 4 is 28.9 Å². The van der Waals surface area contributed by atoms with E-state index in [4.69, 9.17) is 0 Å². The molecule has 1 rings (SSSR count). The Balaban J connectivity index is 2.96. The predicted octanol–water partition coefficient (Wildman–Crippen LogP) is 1.51. The molecule has 1 aromatic heterocycles. The van der Waals surface area contributed by atoms with Crippen molar-refractivity contribution in [2.45, 2.75) is 0 Å². The van der Waals surface area contributed by atoms with E-state index in [2.05, 4.69) is 21.8 Å². The molecule has 0 aliphatic rings. The van der Waals surface area contributed by atoms with Crippen molar-refractivity contribution in [2.75, 3.05) is 0 Å². The fraction of sp³-hybridized carbons (Fsp3) is 0. The summed E-state index contributed by atoms with van der Waals surface area (Å²) >= 11 is 5.79. The molecule has 0 saturated heterocycles. The maximum Gasteiger partial charge on any atom is 0.221 e. The van der Waals surface area contributed by atoms with Gasteiger partial charge in [-0.05, 0) is 0 Å². The standard InChI is InChI=1S/C3H2N2S2/c6-5-3-4-1-2-7-3/h1-2H. The van der Waals surface area contributed by atoms with Gasteiger partial charge in [0, 0.05) is 24.0 Å². The van der Waals surface area contributed by atoms with Crippen LogP contribution in [0.5, 0.6) is 0 Å². The quantitative estimate of drug-likeness (QED) is 0.575. The summed E-state index contributed by atoms with van der Waals surface area (Å²) < 4.78 is 3.42. The van der Waals surface area contributed by atoms with Crippen LogP contribution in [0.4, 0.5) is 5.13 Å². The molecule has 0 radical (unpaired) electrons. The zero-order valence-electron chi connectivity index (χ0n) is 3.37. The molecule has 0 fully saturated rings. The van der Waals surface area contributed by atoms with Crippen LogP contribution >= 0.6 is 11.3 Å². The first-order valence-electron chi connectivity index (χ1n) is 1.66. The molecule has 1 heterocycles. The van der Waals surface area contributed by atoms with Crippen molar-refractivity contribution in [3.63, 3.8) is 0 Å². The number of rotatable bonds is 1. The lowest BCUT2D eigenvalue weighted by molar-refractivity contribution is 1.38. The molecule has 0 spiro atoms. The molecule has 0 aliphatic carbocycles. The van der Waals surface area contributed by atoms with Gasteiger partial charge in [-0.3, -0.25) is 0 Å². The third-order valence-electron chi connectivity index (χ3n) is 0.497. The third kappa shape index (κ3) is 1.01. The lowest BCUT2D eigenvalue weighted by Gasteiger charge is -1.67. The Labute approximate surface area is 50.4 Å². The van der Waals surface area contributed by atoms with Crippen LogP contribution in [0.25, 0.3) is 0 Å². The molecule has 2 nitrogen and oxygen atoms in total. The molecule has 0 aromatic carbocycles. The Morgan fingerprint density at radius 2 is 2.71 bits per heavy atom. The molecular weight excluding hydrogens is 128 g/mol. The number of hydrogen-bond acceptors (Lipinski definition) is 4. The third-order valence-corrected chi connectivity index (χ3v) is 1.45. The molecule has 0 bridgehead atoms. The van der Waals surface area contributed by atoms with E-state index in [1.54, 1.807) is 6.20 Å². The molecule has 0 saturated carbocycles. The van der Waals surface area contributed by atoms with Crippen LogP contribution in [0.1, 0.15) is 0 Å². The fourth-order valence-corrected chi connectivity index (χ4v) is 0.845. The molecule has 0 N–H and O–H groups in total. The predicted molar refractivity (Wildman–Crippen MR) is 31.6 cm³/mol. The van der Waals surface area contributed by atoms with Gasteiger partial charge in [0.1, 0.15) is 0 Å². The average Bonchev–Trinajstić information content (AvgIpc) is 2.14. The van der Waals surface area contributed by atoms with E-state index in [0.29, 0.717) is 5.13 Å². The number of nitrogens with zero attached hydrogens (tertiary/aromatic N) is 2. The number of hydrogen-bond donors (Lipinski definition) is 0. The number of thiazole rings is 1. The summed E-state index contributed by atoms with van der Waals surface area (Å²) in [6, 6.07) is 0. The molecule has 7 heavy (non-hydrogen) atoms. The van der Waals surface area contributed by atoms with Crippen LogP contribution in [0.2, 0.25) is 0 Å². The van der Waals surface area contributed by atoms with E-state index >= 15 is 0 Å². The lowest BCUT2D eigenvalue weighted by Crippen LogP contribution is -1.49. The summed E-state index contributed by atoms with van der Waals surface area (Å²) in [7, 11) is 0. The lowest BCUT2D eigenvalue weighted by atomic mass is 11.0. The van der Waals surface area contributed by atoms with Crippen molar-refractivity contribution in [2.24, 2.45) is 4.36 Å². The summed E-state index contributed by atoms with van der Waals surface area (Å²) in [6.45, 7) is 0. The van der Waals surface area contributed by atoms with Gasteiger partial charge >= 0.3 is 0 Å². The SMILES string of the molecule is S=Nc1nccs1. The van der Waals surface area contributed by atoms with Crippen LogP contribution in [0.3, 0.4) is 0 Å². The second-order valence-electron chi connectivity index (χ2n) is 0.906. The van der Waals surface area contributed by atoms with Gasteiger partial charge in [-0.1, -0.05) is 0 Å². The summed E-state index contributed by atoms with van der Waals surface area (Å²) in [5.74, 6) is 0. The first-order valence-corrected chi connectivity index (χ1v) is 2.91. The first kappa shape index (κ1) is 4.80. The Bertz CT molecular complexity index is 146. The smallest absolute Gasteiger partial charge is 0.221 e. The normalized spacial score (nSPS) is 8.57. The van der Waals surface area contributed by atoms with Crippen LogP contribution in [0, 0.1) is 0 Å². The molecule has 0 atom stereocenters. The molecular formula is C3H2N2S2. The Hall–Kier alpha value is -0.350. The maximum atomic E-state index is 4.35. The summed E-state index contributed by atoms with van der Waals surface area (Å²) in [5.41, 5.74) is 0. The second kappa shape index (κ2) is 2.09. The Kier molecular flexibility index (Phi) is 1.43. The van der Waals surface area contributed by atoms with Crippen molar-refractivity contribution in [3.8, 4) is 0 Å². The molecule has 4 heteroatoms. The first-order chi connectivity index (χ1) is 3.43. The van der Waals surface area contributed by atoms with E-state index in [1.165, 1.54) is 11.3 Å². The van der Waals surface area contributed by atoms with Gasteiger partial charge in [0.05, 0.1) is 0 Å². The topological polar surface area (TPSA) is 25.2 Å². The summed E-state index contributed by atoms with van der Waals surface area (Å²) in [6.07, 6.45) is 1.68. The Morgan fingerprint density at radius 3 is 3.00 bits per heavy atom. The van der Waals surface area contributed by atoms with Crippen molar-refractivity contribution in [1.82, 2.24) is 4.98 Å². The fourth-order valence-electron chi connectivity index (χ4n) is 0.261. The highest BCUT2D eigenvalue weighted by Crippen LogP contribution is 2.12. The molecule has 0 aliphatic heterocycles. The van der Waals surface area contributed by atoms with E-state index in [0.717, 1.165) is 0 Å². The zero-order chi connectivity index (χ0) is 5.11. The van der Waals surface area contributed by atoms with E-state index in [9.17, 15) is 0 Å². The van der Waals surface area contributed by atoms with Crippen LogP contribution in [-0.4, -0.2) is 4.98 Å². The number of aromatic nitrogens is 1. The van der Waals surface area contributed by atoms with E-state index in [-0.39, 0.29) is 0 Å². The van der Waals surface area contributed by atoms with Gasteiger partial charge in [-0.25, -0.2) is 4.98 Å². The van der Waals surface area contributed by atoms with E-state index < -0.39 is 0 Å². The largest absolute Gasteiger partial charge is 0.226 e. The highest BCUT2D eigenvalue weighted by atomic mass is 32.1. The van der Waals surface area contributed by atoms with Gasteiger partial charge in [-0.15, -0.1) is 15.7 Å². The Morgan fingerprint density at radius 1 is 1.86 bits per heavy atom. The van der Waals surface area contributed by atoms with Gasteiger partial charge in [0.15, 0.2) is 0 Å². The van der Waals surface area contributed by atoms with Crippen LogP contribution in [-0.2, 0) is 12.4 Å². The highest BCUT2D eigenvalue weighted by Gasteiger charge is 1.83. The molecule has 1 aromatic rings. The van der Waals surface area contributed by atoms with Gasteiger partial charge < -0.3 is 0 Å². The molecule has 0 unspecified atom stereocenters. The minimum Gasteiger partial charge on any atom is -0.226 e. The molecule has 0 amide bonds. The maximum absolute atomic E-state index is 4.35. The summed E-state index contributed by atoms with van der Waals surface area (Å²) in [5, 5.41) is 2.50. The minimum atomic E-state index is 0.662. The summed E-state index contributed by atoms with van der Waals surface area (Å²) in [4.78, 5) is 3.78. The van der Waals surface area contributed by atoms with Crippen LogP contribution < -0.4 is 0 Å². The monoisotopic (exact) mass is 130 g/mol.